The number of benzene rings is 2. The lowest BCUT2D eigenvalue weighted by atomic mass is 9.98. The van der Waals surface area contributed by atoms with Crippen molar-refractivity contribution in [3.05, 3.63) is 64.7 Å². The number of halogens is 1. The summed E-state index contributed by atoms with van der Waals surface area (Å²) in [7, 11) is 0. The summed E-state index contributed by atoms with van der Waals surface area (Å²) in [4.78, 5) is 10.6. The zero-order chi connectivity index (χ0) is 13.7. The van der Waals surface area contributed by atoms with Crippen LogP contribution in [0.5, 0.6) is 0 Å². The van der Waals surface area contributed by atoms with Crippen LogP contribution in [0.4, 0.5) is 0 Å². The van der Waals surface area contributed by atoms with E-state index in [1.54, 1.807) is 6.08 Å². The summed E-state index contributed by atoms with van der Waals surface area (Å²) in [6.07, 6.45) is 3.37. The summed E-state index contributed by atoms with van der Waals surface area (Å²) in [6, 6.07) is 16.3. The number of carbonyl (C=O) groups excluding carboxylic acids is 1. The van der Waals surface area contributed by atoms with E-state index in [4.69, 9.17) is 11.6 Å². The first-order valence-electron chi connectivity index (χ1n) is 6.25. The molecule has 0 saturated heterocycles. The molecule has 0 aliphatic carbocycles. The third kappa shape index (κ3) is 3.33. The van der Waals surface area contributed by atoms with Crippen molar-refractivity contribution in [1.29, 1.82) is 0 Å². The van der Waals surface area contributed by atoms with E-state index >= 15 is 0 Å². The summed E-state index contributed by atoms with van der Waals surface area (Å²) in [5.41, 5.74) is 4.45. The standard InChI is InChI=1S/C17H15ClO/c1-2-13-7-9-14(10-8-13)17-6-4-3-5-15(17)11-16(18)12-19/h3-12H,2H2,1H3. The number of aldehydes is 1. The van der Waals surface area contributed by atoms with Crippen LogP contribution in [0.3, 0.4) is 0 Å². The maximum Gasteiger partial charge on any atom is 0.161 e. The van der Waals surface area contributed by atoms with Gasteiger partial charge in [0.2, 0.25) is 0 Å². The molecule has 0 spiro atoms. The molecule has 0 aliphatic rings. The Morgan fingerprint density at radius 3 is 2.42 bits per heavy atom. The Kier molecular flexibility index (Phi) is 4.53. The van der Waals surface area contributed by atoms with E-state index in [-0.39, 0.29) is 5.03 Å². The van der Waals surface area contributed by atoms with Crippen LogP contribution in [0, 0.1) is 0 Å². The molecule has 0 saturated carbocycles. The molecular weight excluding hydrogens is 256 g/mol. The number of carbonyl (C=O) groups is 1. The molecule has 2 aromatic carbocycles. The Bertz CT molecular complexity index is 597. The van der Waals surface area contributed by atoms with E-state index in [9.17, 15) is 4.79 Å². The zero-order valence-electron chi connectivity index (χ0n) is 10.8. The van der Waals surface area contributed by atoms with Crippen molar-refractivity contribution in [3.63, 3.8) is 0 Å². The molecule has 0 atom stereocenters. The fourth-order valence-electron chi connectivity index (χ4n) is 1.99. The maximum absolute atomic E-state index is 10.6. The topological polar surface area (TPSA) is 17.1 Å². The largest absolute Gasteiger partial charge is 0.297 e. The minimum absolute atomic E-state index is 0.206. The summed E-state index contributed by atoms with van der Waals surface area (Å²) < 4.78 is 0. The van der Waals surface area contributed by atoms with Gasteiger partial charge < -0.3 is 0 Å². The Morgan fingerprint density at radius 1 is 1.11 bits per heavy atom. The molecule has 1 nitrogen and oxygen atoms in total. The molecule has 96 valence electrons. The van der Waals surface area contributed by atoms with Crippen molar-refractivity contribution in [1.82, 2.24) is 0 Å². The predicted molar refractivity (Wildman–Crippen MR) is 81.2 cm³/mol. The van der Waals surface area contributed by atoms with Crippen LogP contribution in [0.2, 0.25) is 0 Å². The maximum atomic E-state index is 10.6. The molecule has 2 heteroatoms. The molecule has 0 bridgehead atoms. The van der Waals surface area contributed by atoms with Gasteiger partial charge in [-0.25, -0.2) is 0 Å². The minimum atomic E-state index is 0.206. The molecule has 19 heavy (non-hydrogen) atoms. The van der Waals surface area contributed by atoms with Gasteiger partial charge in [0.25, 0.3) is 0 Å². The second-order valence-electron chi connectivity index (χ2n) is 4.28. The average molecular weight is 271 g/mol. The average Bonchev–Trinajstić information content (AvgIpc) is 2.48. The predicted octanol–water partition coefficient (Wildman–Crippen LogP) is 4.69. The molecule has 0 aliphatic heterocycles. The van der Waals surface area contributed by atoms with Crippen molar-refractivity contribution in [2.75, 3.05) is 0 Å². The first-order chi connectivity index (χ1) is 9.24. The van der Waals surface area contributed by atoms with Gasteiger partial charge in [0.15, 0.2) is 6.29 Å². The van der Waals surface area contributed by atoms with Crippen LogP contribution >= 0.6 is 11.6 Å². The monoisotopic (exact) mass is 270 g/mol. The highest BCUT2D eigenvalue weighted by Gasteiger charge is 2.03. The number of hydrogen-bond donors (Lipinski definition) is 0. The normalized spacial score (nSPS) is 11.4. The Hall–Kier alpha value is -1.86. The van der Waals surface area contributed by atoms with Crippen LogP contribution < -0.4 is 0 Å². The van der Waals surface area contributed by atoms with Crippen molar-refractivity contribution in [2.24, 2.45) is 0 Å². The highest BCUT2D eigenvalue weighted by Crippen LogP contribution is 2.26. The van der Waals surface area contributed by atoms with Crippen molar-refractivity contribution in [2.45, 2.75) is 13.3 Å². The van der Waals surface area contributed by atoms with Crippen LogP contribution in [0.1, 0.15) is 18.1 Å². The molecule has 0 aromatic heterocycles. The Balaban J connectivity index is 2.46. The zero-order valence-corrected chi connectivity index (χ0v) is 11.5. The van der Waals surface area contributed by atoms with Gasteiger partial charge in [-0.1, -0.05) is 67.1 Å². The summed E-state index contributed by atoms with van der Waals surface area (Å²) in [6.45, 7) is 2.13. The molecule has 0 heterocycles. The van der Waals surface area contributed by atoms with E-state index in [2.05, 4.69) is 31.2 Å². The SMILES string of the molecule is CCc1ccc(-c2ccccc2C=C(Cl)C=O)cc1. The molecule has 0 unspecified atom stereocenters. The quantitative estimate of drug-likeness (QED) is 0.582. The Morgan fingerprint density at radius 2 is 1.79 bits per heavy atom. The fourth-order valence-corrected chi connectivity index (χ4v) is 2.11. The lowest BCUT2D eigenvalue weighted by Crippen LogP contribution is -1.85. The van der Waals surface area contributed by atoms with E-state index < -0.39 is 0 Å². The van der Waals surface area contributed by atoms with Gasteiger partial charge in [0.1, 0.15) is 0 Å². The molecule has 2 rings (SSSR count). The first-order valence-corrected chi connectivity index (χ1v) is 6.63. The highest BCUT2D eigenvalue weighted by molar-refractivity contribution is 6.40. The van der Waals surface area contributed by atoms with E-state index in [0.29, 0.717) is 6.29 Å². The molecule has 0 fully saturated rings. The smallest absolute Gasteiger partial charge is 0.161 e. The first kappa shape index (κ1) is 13.6. The van der Waals surface area contributed by atoms with E-state index in [1.165, 1.54) is 5.56 Å². The van der Waals surface area contributed by atoms with Crippen molar-refractivity contribution < 1.29 is 4.79 Å². The molecule has 2 aromatic rings. The van der Waals surface area contributed by atoms with Gasteiger partial charge in [-0.05, 0) is 34.8 Å². The van der Waals surface area contributed by atoms with Crippen LogP contribution in [0.25, 0.3) is 17.2 Å². The lowest BCUT2D eigenvalue weighted by molar-refractivity contribution is -0.104. The van der Waals surface area contributed by atoms with Gasteiger partial charge in [0, 0.05) is 0 Å². The lowest BCUT2D eigenvalue weighted by Gasteiger charge is -2.07. The molecular formula is C17H15ClO. The van der Waals surface area contributed by atoms with Crippen LogP contribution in [-0.4, -0.2) is 6.29 Å². The highest BCUT2D eigenvalue weighted by atomic mass is 35.5. The van der Waals surface area contributed by atoms with Crippen molar-refractivity contribution in [3.8, 4) is 11.1 Å². The molecule has 0 amide bonds. The van der Waals surface area contributed by atoms with Crippen LogP contribution in [-0.2, 0) is 11.2 Å². The Labute approximate surface area is 118 Å². The van der Waals surface area contributed by atoms with Crippen LogP contribution in [0.15, 0.2) is 53.6 Å². The van der Waals surface area contributed by atoms with Gasteiger partial charge in [-0.2, -0.15) is 0 Å². The molecule has 0 radical (unpaired) electrons. The van der Waals surface area contributed by atoms with E-state index in [1.807, 2.05) is 24.3 Å². The molecule has 0 N–H and O–H groups in total. The van der Waals surface area contributed by atoms with Gasteiger partial charge in [-0.15, -0.1) is 0 Å². The number of rotatable bonds is 4. The van der Waals surface area contributed by atoms with Gasteiger partial charge in [0.05, 0.1) is 5.03 Å². The second-order valence-corrected chi connectivity index (χ2v) is 4.72. The minimum Gasteiger partial charge on any atom is -0.297 e. The van der Waals surface area contributed by atoms with Gasteiger partial charge in [-0.3, -0.25) is 4.79 Å². The number of allylic oxidation sites excluding steroid dienone is 1. The summed E-state index contributed by atoms with van der Waals surface area (Å²) in [5, 5.41) is 0.206. The third-order valence-electron chi connectivity index (χ3n) is 3.04. The second kappa shape index (κ2) is 6.35. The van der Waals surface area contributed by atoms with E-state index in [0.717, 1.165) is 23.1 Å². The third-order valence-corrected chi connectivity index (χ3v) is 3.24. The number of aryl methyl sites for hydroxylation is 1. The summed E-state index contributed by atoms with van der Waals surface area (Å²) in [5.74, 6) is 0. The van der Waals surface area contributed by atoms with Crippen molar-refractivity contribution >= 4 is 24.0 Å². The summed E-state index contributed by atoms with van der Waals surface area (Å²) >= 11 is 5.80. The number of hydrogen-bond acceptors (Lipinski definition) is 1. The fraction of sp³-hybridized carbons (Fsp3) is 0.118. The van der Waals surface area contributed by atoms with Gasteiger partial charge >= 0.3 is 0 Å².